The molecule has 1 aromatic carbocycles. The van der Waals surface area contributed by atoms with Crippen LogP contribution < -0.4 is 0 Å². The number of aryl methyl sites for hydroxylation is 3. The number of hydrogen-bond acceptors (Lipinski definition) is 3. The lowest BCUT2D eigenvalue weighted by Gasteiger charge is -2.19. The SMILES string of the molecule is Cc1cc(C)c(C2C(=O)C/C(=C\C3CCOCC3)C2=O)c(C)c1. The van der Waals surface area contributed by atoms with Crippen LogP contribution in [0.5, 0.6) is 0 Å². The Balaban J connectivity index is 1.91. The average molecular weight is 312 g/mol. The fraction of sp³-hybridized carbons (Fsp3) is 0.500. The molecule has 0 amide bonds. The highest BCUT2D eigenvalue weighted by Crippen LogP contribution is 2.37. The first-order valence-electron chi connectivity index (χ1n) is 8.40. The predicted octanol–water partition coefficient (Wildman–Crippen LogP) is 3.59. The molecule has 0 radical (unpaired) electrons. The van der Waals surface area contributed by atoms with Crippen molar-refractivity contribution in [2.75, 3.05) is 13.2 Å². The van der Waals surface area contributed by atoms with E-state index in [-0.39, 0.29) is 18.0 Å². The molecule has 1 saturated carbocycles. The van der Waals surface area contributed by atoms with Crippen molar-refractivity contribution in [3.63, 3.8) is 0 Å². The standard InChI is InChI=1S/C20H24O3/c1-12-8-13(2)18(14(3)9-12)19-17(21)11-16(20(19)22)10-15-4-6-23-7-5-15/h8-10,15,19H,4-7,11H2,1-3H3/b16-10+. The summed E-state index contributed by atoms with van der Waals surface area (Å²) in [7, 11) is 0. The lowest BCUT2D eigenvalue weighted by Crippen LogP contribution is -2.17. The number of ether oxygens (including phenoxy) is 1. The van der Waals surface area contributed by atoms with Crippen LogP contribution in [0.2, 0.25) is 0 Å². The van der Waals surface area contributed by atoms with Crippen molar-refractivity contribution >= 4 is 11.6 Å². The molecule has 0 aromatic heterocycles. The Hall–Kier alpha value is -1.74. The Labute approximate surface area is 137 Å². The summed E-state index contributed by atoms with van der Waals surface area (Å²) >= 11 is 0. The second-order valence-electron chi connectivity index (χ2n) is 6.89. The quantitative estimate of drug-likeness (QED) is 0.619. The lowest BCUT2D eigenvalue weighted by atomic mass is 9.86. The molecular weight excluding hydrogens is 288 g/mol. The normalized spacial score (nSPS) is 24.7. The third-order valence-electron chi connectivity index (χ3n) is 4.99. The van der Waals surface area contributed by atoms with Crippen molar-refractivity contribution in [2.45, 2.75) is 46.0 Å². The van der Waals surface area contributed by atoms with Crippen LogP contribution in [0.25, 0.3) is 0 Å². The van der Waals surface area contributed by atoms with Gasteiger partial charge in [0, 0.05) is 19.6 Å². The van der Waals surface area contributed by atoms with E-state index in [0.717, 1.165) is 42.7 Å². The largest absolute Gasteiger partial charge is 0.381 e. The Bertz CT molecular complexity index is 655. The third kappa shape index (κ3) is 3.16. The first kappa shape index (κ1) is 16.1. The minimum atomic E-state index is -0.596. The molecule has 1 aliphatic carbocycles. The minimum absolute atomic E-state index is 0.0107. The maximum Gasteiger partial charge on any atom is 0.173 e. The molecule has 2 fully saturated rings. The van der Waals surface area contributed by atoms with E-state index in [1.165, 1.54) is 5.56 Å². The summed E-state index contributed by atoms with van der Waals surface area (Å²) in [5, 5.41) is 0. The van der Waals surface area contributed by atoms with Gasteiger partial charge in [0.1, 0.15) is 5.92 Å². The van der Waals surface area contributed by atoms with Crippen molar-refractivity contribution in [1.29, 1.82) is 0 Å². The van der Waals surface area contributed by atoms with Crippen molar-refractivity contribution in [2.24, 2.45) is 5.92 Å². The molecule has 3 rings (SSSR count). The molecule has 1 aliphatic heterocycles. The summed E-state index contributed by atoms with van der Waals surface area (Å²) in [5.74, 6) is -0.170. The van der Waals surface area contributed by atoms with Crippen LogP contribution in [0.3, 0.4) is 0 Å². The van der Waals surface area contributed by atoms with E-state index < -0.39 is 5.92 Å². The van der Waals surface area contributed by atoms with Crippen LogP contribution >= 0.6 is 0 Å². The number of hydrogen-bond donors (Lipinski definition) is 0. The van der Waals surface area contributed by atoms with Gasteiger partial charge in [0.05, 0.1) is 0 Å². The van der Waals surface area contributed by atoms with Gasteiger partial charge in [-0.1, -0.05) is 23.8 Å². The van der Waals surface area contributed by atoms with Gasteiger partial charge >= 0.3 is 0 Å². The predicted molar refractivity (Wildman–Crippen MR) is 89.7 cm³/mol. The molecule has 3 heteroatoms. The van der Waals surface area contributed by atoms with Crippen LogP contribution in [0.1, 0.15) is 47.4 Å². The Morgan fingerprint density at radius 1 is 1.04 bits per heavy atom. The number of ketones is 2. The fourth-order valence-electron chi connectivity index (χ4n) is 3.96. The van der Waals surface area contributed by atoms with Gasteiger partial charge in [-0.25, -0.2) is 0 Å². The molecule has 0 bridgehead atoms. The van der Waals surface area contributed by atoms with Crippen LogP contribution in [0.15, 0.2) is 23.8 Å². The van der Waals surface area contributed by atoms with Gasteiger partial charge < -0.3 is 4.74 Å². The fourth-order valence-corrected chi connectivity index (χ4v) is 3.96. The van der Waals surface area contributed by atoms with E-state index >= 15 is 0 Å². The Morgan fingerprint density at radius 3 is 2.26 bits per heavy atom. The van der Waals surface area contributed by atoms with Gasteiger partial charge in [-0.15, -0.1) is 0 Å². The number of benzene rings is 1. The van der Waals surface area contributed by atoms with E-state index in [9.17, 15) is 9.59 Å². The third-order valence-corrected chi connectivity index (χ3v) is 4.99. The van der Waals surface area contributed by atoms with E-state index in [2.05, 4.69) is 12.1 Å². The maximum atomic E-state index is 12.9. The topological polar surface area (TPSA) is 43.4 Å². The zero-order valence-electron chi connectivity index (χ0n) is 14.1. The van der Waals surface area contributed by atoms with Crippen LogP contribution in [0, 0.1) is 26.7 Å². The number of rotatable bonds is 2. The summed E-state index contributed by atoms with van der Waals surface area (Å²) in [6, 6.07) is 4.12. The van der Waals surface area contributed by atoms with Gasteiger partial charge in [-0.05, 0) is 61.8 Å². The van der Waals surface area contributed by atoms with Gasteiger partial charge in [-0.2, -0.15) is 0 Å². The molecule has 2 aliphatic rings. The highest BCUT2D eigenvalue weighted by Gasteiger charge is 2.39. The van der Waals surface area contributed by atoms with Gasteiger partial charge in [-0.3, -0.25) is 9.59 Å². The molecule has 3 nitrogen and oxygen atoms in total. The molecule has 23 heavy (non-hydrogen) atoms. The van der Waals surface area contributed by atoms with Crippen LogP contribution in [-0.4, -0.2) is 24.8 Å². The highest BCUT2D eigenvalue weighted by molar-refractivity contribution is 6.23. The zero-order chi connectivity index (χ0) is 16.6. The summed E-state index contributed by atoms with van der Waals surface area (Å²) in [5.41, 5.74) is 4.88. The number of carbonyl (C=O) groups is 2. The molecule has 0 N–H and O–H groups in total. The summed E-state index contributed by atoms with van der Waals surface area (Å²) < 4.78 is 5.36. The molecular formula is C20H24O3. The van der Waals surface area contributed by atoms with Crippen molar-refractivity contribution in [1.82, 2.24) is 0 Å². The van der Waals surface area contributed by atoms with Crippen molar-refractivity contribution < 1.29 is 14.3 Å². The number of carbonyl (C=O) groups excluding carboxylic acids is 2. The minimum Gasteiger partial charge on any atom is -0.381 e. The van der Waals surface area contributed by atoms with Crippen LogP contribution in [-0.2, 0) is 14.3 Å². The number of Topliss-reactive ketones (excluding diaryl/α,β-unsaturated/α-hetero) is 2. The monoisotopic (exact) mass is 312 g/mol. The summed E-state index contributed by atoms with van der Waals surface area (Å²) in [6.45, 7) is 7.52. The first-order valence-corrected chi connectivity index (χ1v) is 8.40. The summed E-state index contributed by atoms with van der Waals surface area (Å²) in [4.78, 5) is 25.4. The molecule has 1 unspecified atom stereocenters. The smallest absolute Gasteiger partial charge is 0.173 e. The Morgan fingerprint density at radius 2 is 1.65 bits per heavy atom. The van der Waals surface area contributed by atoms with Gasteiger partial charge in [0.15, 0.2) is 11.6 Å². The number of allylic oxidation sites excluding steroid dienone is 2. The first-order chi connectivity index (χ1) is 11.0. The van der Waals surface area contributed by atoms with E-state index in [4.69, 9.17) is 4.74 Å². The second kappa shape index (κ2) is 6.40. The maximum absolute atomic E-state index is 12.9. The molecule has 1 aromatic rings. The zero-order valence-corrected chi connectivity index (χ0v) is 14.1. The second-order valence-corrected chi connectivity index (χ2v) is 6.89. The van der Waals surface area contributed by atoms with Gasteiger partial charge in [0.2, 0.25) is 0 Å². The molecule has 1 atom stereocenters. The Kier molecular flexibility index (Phi) is 4.49. The van der Waals surface area contributed by atoms with Crippen LogP contribution in [0.4, 0.5) is 0 Å². The molecule has 0 spiro atoms. The van der Waals surface area contributed by atoms with E-state index in [0.29, 0.717) is 11.5 Å². The van der Waals surface area contributed by atoms with Crippen molar-refractivity contribution in [3.05, 3.63) is 46.0 Å². The highest BCUT2D eigenvalue weighted by atomic mass is 16.5. The van der Waals surface area contributed by atoms with Gasteiger partial charge in [0.25, 0.3) is 0 Å². The molecule has 122 valence electrons. The lowest BCUT2D eigenvalue weighted by molar-refractivity contribution is -0.123. The average Bonchev–Trinajstić information content (AvgIpc) is 2.75. The summed E-state index contributed by atoms with van der Waals surface area (Å²) in [6.07, 6.45) is 4.21. The van der Waals surface area contributed by atoms with Crippen molar-refractivity contribution in [3.8, 4) is 0 Å². The van der Waals surface area contributed by atoms with E-state index in [1.54, 1.807) is 0 Å². The molecule has 1 heterocycles. The molecule has 1 saturated heterocycles. The van der Waals surface area contributed by atoms with E-state index in [1.807, 2.05) is 26.8 Å².